The van der Waals surface area contributed by atoms with E-state index in [2.05, 4.69) is 4.72 Å². The fraction of sp³-hybridized carbons (Fsp3) is 0.0909. The number of para-hydroxylation sites is 1. The van der Waals surface area contributed by atoms with Crippen molar-refractivity contribution in [2.45, 2.75) is 15.7 Å². The number of benzene rings is 3. The number of thioether (sulfide) groups is 1. The number of nitrogens with one attached hydrogen (secondary N) is 1. The topological polar surface area (TPSA) is 115 Å². The Kier molecular flexibility index (Phi) is 6.28. The lowest BCUT2D eigenvalue weighted by Gasteiger charge is -2.22. The van der Waals surface area contributed by atoms with Gasteiger partial charge in [0.15, 0.2) is 0 Å². The van der Waals surface area contributed by atoms with E-state index in [1.807, 2.05) is 6.07 Å². The zero-order valence-electron chi connectivity index (χ0n) is 16.9. The Hall–Kier alpha value is -3.18. The number of sulfonamides is 1. The number of methoxy groups -OCH3 is 1. The summed E-state index contributed by atoms with van der Waals surface area (Å²) in [6.07, 6.45) is 0. The minimum absolute atomic E-state index is 0.114. The highest BCUT2D eigenvalue weighted by molar-refractivity contribution is 7.98. The lowest BCUT2D eigenvalue weighted by Crippen LogP contribution is -2.13. The van der Waals surface area contributed by atoms with Crippen molar-refractivity contribution in [2.75, 3.05) is 17.1 Å². The third-order valence-electron chi connectivity index (χ3n) is 4.62. The van der Waals surface area contributed by atoms with Crippen LogP contribution in [0, 0.1) is 5.21 Å². The van der Waals surface area contributed by atoms with E-state index in [0.29, 0.717) is 33.1 Å². The molecule has 0 saturated carbocycles. The van der Waals surface area contributed by atoms with Gasteiger partial charge in [-0.15, -0.1) is 11.8 Å². The molecule has 1 heterocycles. The van der Waals surface area contributed by atoms with Crippen LogP contribution in [0.15, 0.2) is 87.2 Å². The Balaban J connectivity index is 1.61. The number of anilines is 2. The van der Waals surface area contributed by atoms with Gasteiger partial charge in [-0.05, 0) is 35.9 Å². The van der Waals surface area contributed by atoms with Gasteiger partial charge in [0.2, 0.25) is 5.09 Å². The molecule has 4 rings (SSSR count). The van der Waals surface area contributed by atoms with Crippen molar-refractivity contribution in [1.82, 2.24) is 0 Å². The molecule has 0 spiro atoms. The average Bonchev–Trinajstić information content (AvgIpc) is 3.23. The summed E-state index contributed by atoms with van der Waals surface area (Å²) in [4.78, 5) is 0.652. The quantitative estimate of drug-likeness (QED) is 0.265. The van der Waals surface area contributed by atoms with Gasteiger partial charge in [0, 0.05) is 28.2 Å². The van der Waals surface area contributed by atoms with Crippen molar-refractivity contribution < 1.29 is 22.8 Å². The molecule has 0 aliphatic heterocycles. The number of nitrogens with zero attached hydrogens (tertiary/aromatic N) is 1. The molecule has 10 heteroatoms. The molecule has 2 N–H and O–H groups in total. The van der Waals surface area contributed by atoms with Crippen molar-refractivity contribution in [2.24, 2.45) is 0 Å². The van der Waals surface area contributed by atoms with Crippen molar-refractivity contribution in [3.05, 3.63) is 83.6 Å². The Labute approximate surface area is 189 Å². The van der Waals surface area contributed by atoms with Gasteiger partial charge in [-0.1, -0.05) is 30.3 Å². The second kappa shape index (κ2) is 9.13. The van der Waals surface area contributed by atoms with Crippen LogP contribution in [-0.2, 0) is 15.8 Å². The van der Waals surface area contributed by atoms with E-state index in [4.69, 9.17) is 14.4 Å². The molecule has 0 radical (unpaired) electrons. The number of hydrogen-bond acceptors (Lipinski definition) is 8. The smallest absolute Gasteiger partial charge is 0.295 e. The maximum Gasteiger partial charge on any atom is 0.295 e. The molecule has 3 aromatic carbocycles. The van der Waals surface area contributed by atoms with Gasteiger partial charge in [0.1, 0.15) is 11.3 Å². The predicted molar refractivity (Wildman–Crippen MR) is 124 cm³/mol. The summed E-state index contributed by atoms with van der Waals surface area (Å²) >= 11 is 1.37. The number of hydrogen-bond donors (Lipinski definition) is 2. The molecular formula is C22H19N2O6S2-. The third kappa shape index (κ3) is 4.83. The van der Waals surface area contributed by atoms with Crippen molar-refractivity contribution in [3.63, 3.8) is 0 Å². The molecule has 4 aromatic rings. The van der Waals surface area contributed by atoms with Crippen molar-refractivity contribution in [1.29, 1.82) is 0 Å². The Morgan fingerprint density at radius 3 is 2.66 bits per heavy atom. The molecule has 32 heavy (non-hydrogen) atoms. The molecule has 0 aliphatic rings. The van der Waals surface area contributed by atoms with E-state index in [0.717, 1.165) is 5.56 Å². The van der Waals surface area contributed by atoms with Crippen LogP contribution in [0.5, 0.6) is 5.75 Å². The van der Waals surface area contributed by atoms with Crippen LogP contribution < -0.4 is 14.7 Å². The Morgan fingerprint density at radius 2 is 1.91 bits per heavy atom. The normalized spacial score (nSPS) is 11.5. The third-order valence-corrected chi connectivity index (χ3v) is 6.99. The van der Waals surface area contributed by atoms with Crippen molar-refractivity contribution >= 4 is 44.1 Å². The lowest BCUT2D eigenvalue weighted by atomic mass is 10.2. The highest BCUT2D eigenvalue weighted by Gasteiger charge is 2.21. The molecule has 0 unspecified atom stereocenters. The summed E-state index contributed by atoms with van der Waals surface area (Å²) in [5, 5.41) is 20.5. The van der Waals surface area contributed by atoms with E-state index >= 15 is 0 Å². The molecule has 8 nitrogen and oxygen atoms in total. The first kappa shape index (κ1) is 22.0. The SMILES string of the molecule is COc1ccc(SCc2cccc(N([O-])O)c2)c(NS(=O)(=O)c2cc3ccccc3o2)c1. The van der Waals surface area contributed by atoms with Crippen LogP contribution in [-0.4, -0.2) is 20.7 Å². The zero-order chi connectivity index (χ0) is 22.7. The Morgan fingerprint density at radius 1 is 1.09 bits per heavy atom. The van der Waals surface area contributed by atoms with E-state index in [1.165, 1.54) is 31.0 Å². The minimum atomic E-state index is -3.99. The summed E-state index contributed by atoms with van der Waals surface area (Å²) in [5.74, 6) is 0.925. The molecule has 0 fully saturated rings. The molecule has 0 bridgehead atoms. The monoisotopic (exact) mass is 471 g/mol. The van der Waals surface area contributed by atoms with E-state index in [-0.39, 0.29) is 16.0 Å². The first-order valence-corrected chi connectivity index (χ1v) is 11.9. The van der Waals surface area contributed by atoms with Gasteiger partial charge in [-0.3, -0.25) is 9.93 Å². The van der Waals surface area contributed by atoms with E-state index in [9.17, 15) is 13.6 Å². The zero-order valence-corrected chi connectivity index (χ0v) is 18.5. The molecular weight excluding hydrogens is 452 g/mol. The molecule has 1 aromatic heterocycles. The fourth-order valence-corrected chi connectivity index (χ4v) is 5.09. The average molecular weight is 472 g/mol. The van der Waals surface area contributed by atoms with Gasteiger partial charge < -0.3 is 19.6 Å². The summed E-state index contributed by atoms with van der Waals surface area (Å²) < 4.78 is 39.3. The number of rotatable bonds is 8. The summed E-state index contributed by atoms with van der Waals surface area (Å²) in [6, 6.07) is 20.1. The number of fused-ring (bicyclic) bond motifs is 1. The van der Waals surface area contributed by atoms with Gasteiger partial charge in [0.05, 0.1) is 18.5 Å². The largest absolute Gasteiger partial charge is 0.733 e. The van der Waals surface area contributed by atoms with Crippen LogP contribution in [0.1, 0.15) is 5.56 Å². The summed E-state index contributed by atoms with van der Waals surface area (Å²) in [5.41, 5.74) is 1.70. The van der Waals surface area contributed by atoms with E-state index < -0.39 is 10.0 Å². The molecule has 166 valence electrons. The van der Waals surface area contributed by atoms with Crippen molar-refractivity contribution in [3.8, 4) is 5.75 Å². The van der Waals surface area contributed by atoms with Crippen LogP contribution in [0.2, 0.25) is 0 Å². The fourth-order valence-electron chi connectivity index (χ4n) is 3.05. The van der Waals surface area contributed by atoms with Gasteiger partial charge in [0.25, 0.3) is 10.0 Å². The van der Waals surface area contributed by atoms with Crippen LogP contribution in [0.4, 0.5) is 11.4 Å². The summed E-state index contributed by atoms with van der Waals surface area (Å²) in [7, 11) is -2.50. The summed E-state index contributed by atoms with van der Waals surface area (Å²) in [6.45, 7) is 0. The van der Waals surface area contributed by atoms with Gasteiger partial charge >= 0.3 is 0 Å². The second-order valence-corrected chi connectivity index (χ2v) is 9.43. The molecule has 0 saturated heterocycles. The molecule has 0 aliphatic carbocycles. The molecule has 0 amide bonds. The standard InChI is InChI=1S/C22H19N2O6S2/c1-29-18-9-10-21(31-14-15-5-4-7-17(11-15)24(25)26)19(13-18)23-32(27,28)22-12-16-6-2-3-8-20(16)30-22/h2-13,23,25H,14H2,1H3/q-1. The maximum atomic E-state index is 13.0. The predicted octanol–water partition coefficient (Wildman–Crippen LogP) is 5.23. The van der Waals surface area contributed by atoms with Gasteiger partial charge in [-0.2, -0.15) is 8.42 Å². The number of furan rings is 1. The first-order valence-electron chi connectivity index (χ1n) is 9.43. The molecule has 0 atom stereocenters. The first-order chi connectivity index (χ1) is 15.4. The van der Waals surface area contributed by atoms with E-state index in [1.54, 1.807) is 54.6 Å². The highest BCUT2D eigenvalue weighted by atomic mass is 32.2. The van der Waals surface area contributed by atoms with Crippen LogP contribution in [0.25, 0.3) is 11.0 Å². The Bertz CT molecular complexity index is 1320. The lowest BCUT2D eigenvalue weighted by molar-refractivity contribution is 0.296. The van der Waals surface area contributed by atoms with Crippen LogP contribution >= 0.6 is 11.8 Å². The minimum Gasteiger partial charge on any atom is -0.733 e. The highest BCUT2D eigenvalue weighted by Crippen LogP contribution is 2.35. The van der Waals surface area contributed by atoms with Gasteiger partial charge in [-0.25, -0.2) is 0 Å². The second-order valence-electron chi connectivity index (χ2n) is 6.80. The van der Waals surface area contributed by atoms with Crippen LogP contribution in [0.3, 0.4) is 0 Å². The number of ether oxygens (including phenoxy) is 1. The maximum absolute atomic E-state index is 13.0.